The van der Waals surface area contributed by atoms with E-state index in [9.17, 15) is 4.79 Å². The van der Waals surface area contributed by atoms with Crippen molar-refractivity contribution in [2.45, 2.75) is 38.1 Å². The molecule has 0 aliphatic rings. The Morgan fingerprint density at radius 3 is 2.42 bits per heavy atom. The van der Waals surface area contributed by atoms with Gasteiger partial charge in [0.25, 0.3) is 0 Å². The van der Waals surface area contributed by atoms with Crippen molar-refractivity contribution < 1.29 is 4.79 Å². The first-order valence-electron chi connectivity index (χ1n) is 10.5. The molecule has 5 heteroatoms. The second kappa shape index (κ2) is 10.1. The molecule has 4 aromatic rings. The second-order valence-electron chi connectivity index (χ2n) is 7.58. The number of thioether (sulfide) groups is 1. The Bertz CT molecular complexity index is 1160. The highest BCUT2D eigenvalue weighted by molar-refractivity contribution is 7.99. The number of hydrogen-bond donors (Lipinski definition) is 0. The van der Waals surface area contributed by atoms with E-state index >= 15 is 0 Å². The molecule has 31 heavy (non-hydrogen) atoms. The number of benzene rings is 3. The summed E-state index contributed by atoms with van der Waals surface area (Å²) in [6.07, 6.45) is 1.35. The van der Waals surface area contributed by atoms with Crippen LogP contribution in [0.1, 0.15) is 29.5 Å². The zero-order valence-electron chi connectivity index (χ0n) is 17.9. The van der Waals surface area contributed by atoms with E-state index in [0.29, 0.717) is 13.0 Å². The van der Waals surface area contributed by atoms with Crippen LogP contribution < -0.4 is 4.90 Å². The fraction of sp³-hybridized carbons (Fsp3) is 0.231. The maximum absolute atomic E-state index is 13.3. The molecule has 0 N–H and O–H groups in total. The van der Waals surface area contributed by atoms with Gasteiger partial charge in [-0.25, -0.2) is 4.98 Å². The molecule has 0 unspecified atom stereocenters. The van der Waals surface area contributed by atoms with Crippen molar-refractivity contribution in [2.24, 2.45) is 0 Å². The molecule has 0 aliphatic carbocycles. The number of amides is 1. The number of thiazole rings is 1. The molecule has 1 aromatic heterocycles. The lowest BCUT2D eigenvalue weighted by molar-refractivity contribution is -0.118. The summed E-state index contributed by atoms with van der Waals surface area (Å²) in [5.41, 5.74) is 4.53. The molecule has 3 nitrogen and oxygen atoms in total. The lowest BCUT2D eigenvalue weighted by atomic mass is 10.1. The number of carbonyl (C=O) groups excluding carboxylic acids is 1. The van der Waals surface area contributed by atoms with Gasteiger partial charge in [-0.3, -0.25) is 9.69 Å². The fourth-order valence-corrected chi connectivity index (χ4v) is 5.34. The Hall–Kier alpha value is -2.63. The first kappa shape index (κ1) is 21.6. The van der Waals surface area contributed by atoms with E-state index in [2.05, 4.69) is 50.2 Å². The monoisotopic (exact) mass is 446 g/mol. The van der Waals surface area contributed by atoms with E-state index < -0.39 is 0 Å². The van der Waals surface area contributed by atoms with Crippen LogP contribution in [0.4, 0.5) is 5.13 Å². The summed E-state index contributed by atoms with van der Waals surface area (Å²) < 4.78 is 1.13. The fourth-order valence-electron chi connectivity index (χ4n) is 3.42. The molecule has 4 rings (SSSR count). The third-order valence-corrected chi connectivity index (χ3v) is 7.48. The number of nitrogens with zero attached hydrogens (tertiary/aromatic N) is 2. The number of fused-ring (bicyclic) bond motifs is 1. The van der Waals surface area contributed by atoms with E-state index in [0.717, 1.165) is 33.1 Å². The van der Waals surface area contributed by atoms with E-state index in [1.165, 1.54) is 16.0 Å². The zero-order valence-corrected chi connectivity index (χ0v) is 19.5. The van der Waals surface area contributed by atoms with Crippen molar-refractivity contribution in [1.29, 1.82) is 0 Å². The van der Waals surface area contributed by atoms with Gasteiger partial charge in [-0.15, -0.1) is 11.8 Å². The van der Waals surface area contributed by atoms with Crippen molar-refractivity contribution in [2.75, 3.05) is 10.7 Å². The van der Waals surface area contributed by atoms with E-state index in [4.69, 9.17) is 4.98 Å². The molecule has 1 heterocycles. The average Bonchev–Trinajstić information content (AvgIpc) is 3.23. The third kappa shape index (κ3) is 5.35. The van der Waals surface area contributed by atoms with E-state index in [1.807, 2.05) is 41.3 Å². The smallest absolute Gasteiger partial charge is 0.229 e. The van der Waals surface area contributed by atoms with Crippen LogP contribution in [0.5, 0.6) is 0 Å². The molecule has 0 saturated carbocycles. The number of rotatable bonds is 8. The molecule has 0 saturated heterocycles. The van der Waals surface area contributed by atoms with Crippen LogP contribution >= 0.6 is 23.1 Å². The minimum atomic E-state index is 0.131. The minimum Gasteiger partial charge on any atom is -0.284 e. The number of aromatic nitrogens is 1. The Kier molecular flexibility index (Phi) is 7.05. The van der Waals surface area contributed by atoms with Gasteiger partial charge in [-0.2, -0.15) is 0 Å². The summed E-state index contributed by atoms with van der Waals surface area (Å²) in [5, 5.41) is 0.785. The van der Waals surface area contributed by atoms with Gasteiger partial charge in [0.1, 0.15) is 0 Å². The molecule has 0 atom stereocenters. The molecule has 158 valence electrons. The summed E-state index contributed by atoms with van der Waals surface area (Å²) in [6.45, 7) is 4.75. The van der Waals surface area contributed by atoms with Crippen LogP contribution in [0.3, 0.4) is 0 Å². The van der Waals surface area contributed by atoms with Gasteiger partial charge in [0, 0.05) is 11.3 Å². The minimum absolute atomic E-state index is 0.131. The van der Waals surface area contributed by atoms with Crippen molar-refractivity contribution in [3.05, 3.63) is 89.5 Å². The molecule has 3 aromatic carbocycles. The van der Waals surface area contributed by atoms with Gasteiger partial charge < -0.3 is 0 Å². The van der Waals surface area contributed by atoms with Crippen LogP contribution in [-0.2, 0) is 11.3 Å². The van der Waals surface area contributed by atoms with Gasteiger partial charge in [0.05, 0.1) is 16.8 Å². The summed E-state index contributed by atoms with van der Waals surface area (Å²) in [4.78, 5) is 21.3. The summed E-state index contributed by atoms with van der Waals surface area (Å²) in [5.74, 6) is 1.05. The van der Waals surface area contributed by atoms with Crippen molar-refractivity contribution in [3.8, 4) is 0 Å². The average molecular weight is 447 g/mol. The quantitative estimate of drug-likeness (QED) is 0.215. The number of anilines is 1. The van der Waals surface area contributed by atoms with Gasteiger partial charge >= 0.3 is 0 Å². The number of aryl methyl sites for hydroxylation is 2. The SMILES string of the molecule is Cc1ccc2sc(N(Cc3ccccc3)C(=O)CCCSc3ccccc3)nc2c1C. The van der Waals surface area contributed by atoms with Crippen LogP contribution in [-0.4, -0.2) is 16.6 Å². The van der Waals surface area contributed by atoms with Crippen LogP contribution in [0, 0.1) is 13.8 Å². The predicted octanol–water partition coefficient (Wildman–Crippen LogP) is 7.02. The Labute approximate surface area is 192 Å². The number of hydrogen-bond acceptors (Lipinski definition) is 4. The molecule has 0 spiro atoms. The predicted molar refractivity (Wildman–Crippen MR) is 133 cm³/mol. The van der Waals surface area contributed by atoms with Gasteiger partial charge in [-0.1, -0.05) is 65.9 Å². The van der Waals surface area contributed by atoms with Gasteiger partial charge in [0.2, 0.25) is 5.91 Å². The summed E-state index contributed by atoms with van der Waals surface area (Å²) in [7, 11) is 0. The largest absolute Gasteiger partial charge is 0.284 e. The lowest BCUT2D eigenvalue weighted by Gasteiger charge is -2.20. The van der Waals surface area contributed by atoms with Crippen LogP contribution in [0.25, 0.3) is 10.2 Å². The Morgan fingerprint density at radius 2 is 1.68 bits per heavy atom. The van der Waals surface area contributed by atoms with Crippen molar-refractivity contribution in [1.82, 2.24) is 4.98 Å². The maximum atomic E-state index is 13.3. The maximum Gasteiger partial charge on any atom is 0.229 e. The first-order valence-corrected chi connectivity index (χ1v) is 12.3. The highest BCUT2D eigenvalue weighted by Crippen LogP contribution is 2.33. The Morgan fingerprint density at radius 1 is 0.968 bits per heavy atom. The summed E-state index contributed by atoms with van der Waals surface area (Å²) >= 11 is 3.40. The first-order chi connectivity index (χ1) is 15.1. The molecular formula is C26H26N2OS2. The summed E-state index contributed by atoms with van der Waals surface area (Å²) in [6, 6.07) is 24.7. The van der Waals surface area contributed by atoms with E-state index in [1.54, 1.807) is 23.1 Å². The molecule has 0 radical (unpaired) electrons. The lowest BCUT2D eigenvalue weighted by Crippen LogP contribution is -2.30. The third-order valence-electron chi connectivity index (χ3n) is 5.34. The molecule has 1 amide bonds. The molecule has 0 aliphatic heterocycles. The molecular weight excluding hydrogens is 420 g/mol. The van der Waals surface area contributed by atoms with Gasteiger partial charge in [-0.05, 0) is 60.9 Å². The van der Waals surface area contributed by atoms with Crippen LogP contribution in [0.15, 0.2) is 77.7 Å². The zero-order chi connectivity index (χ0) is 21.6. The standard InChI is InChI=1S/C26H26N2OS2/c1-19-15-16-23-25(20(19)2)27-26(31-23)28(18-21-10-5-3-6-11-21)24(29)14-9-17-30-22-12-7-4-8-13-22/h3-8,10-13,15-16H,9,14,17-18H2,1-2H3. The van der Waals surface area contributed by atoms with Crippen molar-refractivity contribution >= 4 is 44.4 Å². The normalized spacial score (nSPS) is 11.0. The molecule has 0 bridgehead atoms. The number of carbonyl (C=O) groups is 1. The second-order valence-corrected chi connectivity index (χ2v) is 9.76. The van der Waals surface area contributed by atoms with Crippen LogP contribution in [0.2, 0.25) is 0 Å². The van der Waals surface area contributed by atoms with E-state index in [-0.39, 0.29) is 5.91 Å². The molecule has 0 fully saturated rings. The Balaban J connectivity index is 1.51. The topological polar surface area (TPSA) is 33.2 Å². The van der Waals surface area contributed by atoms with Gasteiger partial charge in [0.15, 0.2) is 5.13 Å². The van der Waals surface area contributed by atoms with Crippen molar-refractivity contribution in [3.63, 3.8) is 0 Å². The highest BCUT2D eigenvalue weighted by atomic mass is 32.2. The highest BCUT2D eigenvalue weighted by Gasteiger charge is 2.20.